The zero-order valence-corrected chi connectivity index (χ0v) is 17.2. The number of pyridine rings is 1. The molecule has 0 unspecified atom stereocenters. The number of rotatable bonds is 5. The van der Waals surface area contributed by atoms with Gasteiger partial charge in [0.05, 0.1) is 34.9 Å². The van der Waals surface area contributed by atoms with Crippen molar-refractivity contribution in [2.75, 3.05) is 5.32 Å². The highest BCUT2D eigenvalue weighted by atomic mass is 16.1. The van der Waals surface area contributed by atoms with Crippen LogP contribution in [0.15, 0.2) is 85.7 Å². The van der Waals surface area contributed by atoms with Gasteiger partial charge < -0.3 is 9.88 Å². The number of hydrogen-bond acceptors (Lipinski definition) is 4. The summed E-state index contributed by atoms with van der Waals surface area (Å²) >= 11 is 0. The van der Waals surface area contributed by atoms with E-state index >= 15 is 0 Å². The van der Waals surface area contributed by atoms with Crippen LogP contribution in [0, 0.1) is 0 Å². The quantitative estimate of drug-likeness (QED) is 0.440. The average molecular weight is 420 g/mol. The molecule has 1 aliphatic rings. The first-order valence-electron chi connectivity index (χ1n) is 10.6. The van der Waals surface area contributed by atoms with Crippen LogP contribution in [0.1, 0.15) is 29.4 Å². The molecular weight excluding hydrogens is 400 g/mol. The molecule has 1 N–H and O–H groups in total. The number of nitrogens with one attached hydrogen (secondary N) is 1. The monoisotopic (exact) mass is 420 g/mol. The number of nitrogens with zero attached hydrogens (tertiary/aromatic N) is 5. The van der Waals surface area contributed by atoms with Crippen molar-refractivity contribution >= 4 is 22.6 Å². The highest BCUT2D eigenvalue weighted by molar-refractivity contribution is 6.03. The Kier molecular flexibility index (Phi) is 4.31. The van der Waals surface area contributed by atoms with Gasteiger partial charge in [-0.15, -0.1) is 0 Å². The number of carbonyl (C=O) groups is 1. The SMILES string of the molecule is O=C(Nc1cccc(-c2cncn2C2CC2)c1)c1cc(-n2cnc3ccccc32)ccn1. The molecule has 7 heteroatoms. The van der Waals surface area contributed by atoms with E-state index in [1.54, 1.807) is 18.6 Å². The number of benzene rings is 2. The number of carbonyl (C=O) groups excluding carboxylic acids is 1. The maximum atomic E-state index is 13.0. The molecule has 3 heterocycles. The van der Waals surface area contributed by atoms with Crippen LogP contribution < -0.4 is 5.32 Å². The second-order valence-corrected chi connectivity index (χ2v) is 7.95. The minimum Gasteiger partial charge on any atom is -0.328 e. The molecule has 3 aromatic heterocycles. The molecule has 156 valence electrons. The Hall–Kier alpha value is -4.26. The Morgan fingerprint density at radius 1 is 0.969 bits per heavy atom. The lowest BCUT2D eigenvalue weighted by molar-refractivity contribution is 0.102. The summed E-state index contributed by atoms with van der Waals surface area (Å²) in [5.41, 5.74) is 5.86. The Morgan fingerprint density at radius 3 is 2.78 bits per heavy atom. The van der Waals surface area contributed by atoms with Crippen LogP contribution >= 0.6 is 0 Å². The first kappa shape index (κ1) is 18.5. The fraction of sp³-hybridized carbons (Fsp3) is 0.120. The summed E-state index contributed by atoms with van der Waals surface area (Å²) in [6, 6.07) is 19.9. The molecule has 0 radical (unpaired) electrons. The molecule has 2 aromatic carbocycles. The van der Waals surface area contributed by atoms with Crippen molar-refractivity contribution < 1.29 is 4.79 Å². The van der Waals surface area contributed by atoms with Crippen LogP contribution in [-0.2, 0) is 0 Å². The van der Waals surface area contributed by atoms with Gasteiger partial charge in [0, 0.05) is 23.5 Å². The fourth-order valence-corrected chi connectivity index (χ4v) is 3.98. The molecule has 1 aliphatic carbocycles. The van der Waals surface area contributed by atoms with Crippen molar-refractivity contribution in [1.82, 2.24) is 24.1 Å². The number of amides is 1. The molecule has 32 heavy (non-hydrogen) atoms. The van der Waals surface area contributed by atoms with Crippen molar-refractivity contribution in [3.05, 3.63) is 91.4 Å². The molecule has 0 spiro atoms. The largest absolute Gasteiger partial charge is 0.328 e. The zero-order valence-electron chi connectivity index (χ0n) is 17.2. The minimum absolute atomic E-state index is 0.260. The smallest absolute Gasteiger partial charge is 0.274 e. The summed E-state index contributed by atoms with van der Waals surface area (Å²) < 4.78 is 4.16. The van der Waals surface area contributed by atoms with Gasteiger partial charge >= 0.3 is 0 Å². The van der Waals surface area contributed by atoms with Crippen molar-refractivity contribution in [2.24, 2.45) is 0 Å². The highest BCUT2D eigenvalue weighted by Crippen LogP contribution is 2.38. The molecule has 1 amide bonds. The maximum Gasteiger partial charge on any atom is 0.274 e. The van der Waals surface area contributed by atoms with E-state index in [4.69, 9.17) is 0 Å². The van der Waals surface area contributed by atoms with Crippen LogP contribution in [0.3, 0.4) is 0 Å². The van der Waals surface area contributed by atoms with E-state index in [-0.39, 0.29) is 5.91 Å². The van der Waals surface area contributed by atoms with Crippen molar-refractivity contribution in [3.63, 3.8) is 0 Å². The Morgan fingerprint density at radius 2 is 1.88 bits per heavy atom. The van der Waals surface area contributed by atoms with Gasteiger partial charge in [0.15, 0.2) is 0 Å². The minimum atomic E-state index is -0.260. The van der Waals surface area contributed by atoms with Gasteiger partial charge in [-0.1, -0.05) is 24.3 Å². The van der Waals surface area contributed by atoms with E-state index in [2.05, 4.69) is 24.8 Å². The van der Waals surface area contributed by atoms with E-state index in [0.717, 1.165) is 33.7 Å². The number of hydrogen-bond donors (Lipinski definition) is 1. The van der Waals surface area contributed by atoms with Crippen LogP contribution in [0.25, 0.3) is 28.0 Å². The van der Waals surface area contributed by atoms with Crippen LogP contribution in [0.2, 0.25) is 0 Å². The molecule has 7 nitrogen and oxygen atoms in total. The van der Waals surface area contributed by atoms with Gasteiger partial charge in [-0.05, 0) is 49.2 Å². The third-order valence-electron chi connectivity index (χ3n) is 5.73. The lowest BCUT2D eigenvalue weighted by Crippen LogP contribution is -2.14. The van der Waals surface area contributed by atoms with E-state index in [1.165, 1.54) is 12.8 Å². The van der Waals surface area contributed by atoms with E-state index in [0.29, 0.717) is 11.7 Å². The number of aromatic nitrogens is 5. The molecule has 6 rings (SSSR count). The van der Waals surface area contributed by atoms with Crippen molar-refractivity contribution in [1.29, 1.82) is 0 Å². The number of imidazole rings is 2. The Labute approximate surface area is 184 Å². The first-order chi connectivity index (χ1) is 15.8. The molecule has 0 bridgehead atoms. The lowest BCUT2D eigenvalue weighted by atomic mass is 10.1. The predicted octanol–water partition coefficient (Wildman–Crippen LogP) is 4.87. The van der Waals surface area contributed by atoms with E-state index in [9.17, 15) is 4.79 Å². The van der Waals surface area contributed by atoms with Gasteiger partial charge in [-0.25, -0.2) is 9.97 Å². The van der Waals surface area contributed by atoms with Gasteiger partial charge in [-0.2, -0.15) is 0 Å². The van der Waals surface area contributed by atoms with Crippen LogP contribution in [-0.4, -0.2) is 30.0 Å². The lowest BCUT2D eigenvalue weighted by Gasteiger charge is -2.10. The normalized spacial score (nSPS) is 13.4. The summed E-state index contributed by atoms with van der Waals surface area (Å²) in [5, 5.41) is 2.98. The number of anilines is 1. The topological polar surface area (TPSA) is 77.6 Å². The van der Waals surface area contributed by atoms with Gasteiger partial charge in [0.25, 0.3) is 5.91 Å². The molecule has 0 atom stereocenters. The number of para-hydroxylation sites is 2. The fourth-order valence-electron chi connectivity index (χ4n) is 3.98. The van der Waals surface area contributed by atoms with Crippen LogP contribution in [0.5, 0.6) is 0 Å². The summed E-state index contributed by atoms with van der Waals surface area (Å²) in [6.45, 7) is 0. The standard InChI is InChI=1S/C25H20N6O/c32-25(22-13-20(10-11-27-22)31-16-28-21-6-1-2-7-23(21)31)29-18-5-3-4-17(12-18)24-14-26-15-30(24)19-8-9-19/h1-7,10-16,19H,8-9H2,(H,29,32). The third kappa shape index (κ3) is 3.33. The second-order valence-electron chi connectivity index (χ2n) is 7.95. The molecule has 0 saturated heterocycles. The van der Waals surface area contributed by atoms with Crippen molar-refractivity contribution in [3.8, 4) is 16.9 Å². The van der Waals surface area contributed by atoms with Crippen LogP contribution in [0.4, 0.5) is 5.69 Å². The molecular formula is C25H20N6O. The summed E-state index contributed by atoms with van der Waals surface area (Å²) in [6.07, 6.45) is 9.53. The summed E-state index contributed by atoms with van der Waals surface area (Å²) in [7, 11) is 0. The summed E-state index contributed by atoms with van der Waals surface area (Å²) in [5.74, 6) is -0.260. The van der Waals surface area contributed by atoms with Crippen molar-refractivity contribution in [2.45, 2.75) is 18.9 Å². The summed E-state index contributed by atoms with van der Waals surface area (Å²) in [4.78, 5) is 26.0. The average Bonchev–Trinajstić information content (AvgIpc) is 3.39. The van der Waals surface area contributed by atoms with Gasteiger partial charge in [-0.3, -0.25) is 14.3 Å². The van der Waals surface area contributed by atoms with Gasteiger partial charge in [0.2, 0.25) is 0 Å². The second kappa shape index (κ2) is 7.46. The Bertz CT molecular complexity index is 1450. The predicted molar refractivity (Wildman–Crippen MR) is 123 cm³/mol. The Balaban J connectivity index is 1.27. The third-order valence-corrected chi connectivity index (χ3v) is 5.73. The van der Waals surface area contributed by atoms with E-state index < -0.39 is 0 Å². The van der Waals surface area contributed by atoms with Gasteiger partial charge in [0.1, 0.15) is 12.0 Å². The van der Waals surface area contributed by atoms with E-state index in [1.807, 2.05) is 71.7 Å². The molecule has 1 fully saturated rings. The number of fused-ring (bicyclic) bond motifs is 1. The molecule has 0 aliphatic heterocycles. The first-order valence-corrected chi connectivity index (χ1v) is 10.6. The highest BCUT2D eigenvalue weighted by Gasteiger charge is 2.25. The molecule has 1 saturated carbocycles. The molecule has 5 aromatic rings. The zero-order chi connectivity index (χ0) is 21.5. The maximum absolute atomic E-state index is 13.0.